The van der Waals surface area contributed by atoms with Crippen LogP contribution in [0.4, 0.5) is 0 Å². The van der Waals surface area contributed by atoms with Gasteiger partial charge in [-0.05, 0) is 31.0 Å². The zero-order valence-corrected chi connectivity index (χ0v) is 13.9. The Morgan fingerprint density at radius 3 is 2.08 bits per heavy atom. The number of Topliss-reactive ketones (excluding diaryl/α,β-unsaturated/α-hetero) is 3. The Labute approximate surface area is 145 Å². The number of carbonyl (C=O) groups excluding carboxylic acids is 3. The smallest absolute Gasteiger partial charge is 0.194 e. The molecule has 1 aliphatic rings. The molecule has 0 spiro atoms. The van der Waals surface area contributed by atoms with Crippen molar-refractivity contribution in [3.8, 4) is 0 Å². The summed E-state index contributed by atoms with van der Waals surface area (Å²) in [6.07, 6.45) is 0.486. The van der Waals surface area contributed by atoms with Gasteiger partial charge in [-0.25, -0.2) is 0 Å². The number of halogens is 1. The average molecular weight is 339 g/mol. The predicted molar refractivity (Wildman–Crippen MR) is 93.4 cm³/mol. The highest BCUT2D eigenvalue weighted by atomic mass is 35.5. The van der Waals surface area contributed by atoms with Crippen LogP contribution in [0.3, 0.4) is 0 Å². The Morgan fingerprint density at radius 2 is 1.50 bits per heavy atom. The first-order valence-electron chi connectivity index (χ1n) is 7.66. The van der Waals surface area contributed by atoms with E-state index in [1.807, 2.05) is 0 Å². The summed E-state index contributed by atoms with van der Waals surface area (Å²) >= 11 is 5.92. The molecule has 4 heteroatoms. The van der Waals surface area contributed by atoms with E-state index >= 15 is 0 Å². The molecule has 120 valence electrons. The maximum absolute atomic E-state index is 13.0. The van der Waals surface area contributed by atoms with Crippen LogP contribution in [0.1, 0.15) is 46.0 Å². The van der Waals surface area contributed by atoms with Gasteiger partial charge >= 0.3 is 0 Å². The van der Waals surface area contributed by atoms with Gasteiger partial charge in [-0.15, -0.1) is 0 Å². The van der Waals surface area contributed by atoms with Gasteiger partial charge in [-0.1, -0.05) is 48.0 Å². The summed E-state index contributed by atoms with van der Waals surface area (Å²) in [4.78, 5) is 37.2. The molecule has 0 aliphatic heterocycles. The van der Waals surface area contributed by atoms with Crippen molar-refractivity contribution in [3.05, 3.63) is 75.8 Å². The first-order valence-corrected chi connectivity index (χ1v) is 8.04. The molecule has 0 N–H and O–H groups in total. The van der Waals surface area contributed by atoms with Crippen LogP contribution in [0.15, 0.2) is 54.1 Å². The lowest BCUT2D eigenvalue weighted by molar-refractivity contribution is -0.116. The largest absolute Gasteiger partial charge is 0.300 e. The average Bonchev–Trinajstić information content (AvgIpc) is 2.58. The summed E-state index contributed by atoms with van der Waals surface area (Å²) in [5.74, 6) is -0.389. The van der Waals surface area contributed by atoms with Crippen molar-refractivity contribution in [2.24, 2.45) is 0 Å². The first kappa shape index (κ1) is 16.3. The van der Waals surface area contributed by atoms with Crippen molar-refractivity contribution in [3.63, 3.8) is 0 Å². The second-order valence-corrected chi connectivity index (χ2v) is 6.20. The fraction of sp³-hybridized carbons (Fsp3) is 0.150. The lowest BCUT2D eigenvalue weighted by atomic mass is 9.79. The molecule has 0 saturated carbocycles. The standard InChI is InChI=1S/C20H15ClO3/c1-12(22)6-11-17-18(13-7-9-14(21)10-8-13)20(24)16-5-3-2-4-15(16)19(17)23/h2-5,7-10H,6,11H2,1H3. The van der Waals surface area contributed by atoms with Gasteiger partial charge in [0.15, 0.2) is 11.6 Å². The topological polar surface area (TPSA) is 51.2 Å². The van der Waals surface area contributed by atoms with E-state index in [0.717, 1.165) is 0 Å². The summed E-state index contributed by atoms with van der Waals surface area (Å²) in [7, 11) is 0. The van der Waals surface area contributed by atoms with Crippen molar-refractivity contribution >= 4 is 34.5 Å². The zero-order valence-electron chi connectivity index (χ0n) is 13.1. The van der Waals surface area contributed by atoms with Crippen molar-refractivity contribution in [2.45, 2.75) is 19.8 Å². The fourth-order valence-electron chi connectivity index (χ4n) is 2.89. The van der Waals surface area contributed by atoms with Crippen LogP contribution in [0.5, 0.6) is 0 Å². The van der Waals surface area contributed by atoms with E-state index in [0.29, 0.717) is 32.9 Å². The van der Waals surface area contributed by atoms with Crippen LogP contribution in [0.2, 0.25) is 5.02 Å². The molecule has 0 atom stereocenters. The number of rotatable bonds is 4. The van der Waals surface area contributed by atoms with Crippen LogP contribution >= 0.6 is 11.6 Å². The minimum absolute atomic E-state index is 0.0166. The summed E-state index contributed by atoms with van der Waals surface area (Å²) in [5.41, 5.74) is 2.22. The molecule has 0 saturated heterocycles. The van der Waals surface area contributed by atoms with E-state index in [1.54, 1.807) is 48.5 Å². The molecule has 0 unspecified atom stereocenters. The third-order valence-electron chi connectivity index (χ3n) is 4.08. The van der Waals surface area contributed by atoms with Crippen LogP contribution < -0.4 is 0 Å². The maximum atomic E-state index is 13.0. The lowest BCUT2D eigenvalue weighted by Gasteiger charge is -2.21. The molecule has 0 fully saturated rings. The van der Waals surface area contributed by atoms with E-state index in [4.69, 9.17) is 11.6 Å². The molecule has 1 aliphatic carbocycles. The van der Waals surface area contributed by atoms with Gasteiger partial charge in [0, 0.05) is 33.7 Å². The molecule has 24 heavy (non-hydrogen) atoms. The lowest BCUT2D eigenvalue weighted by Crippen LogP contribution is -2.21. The van der Waals surface area contributed by atoms with E-state index in [-0.39, 0.29) is 30.2 Å². The second-order valence-electron chi connectivity index (χ2n) is 5.77. The molecule has 3 rings (SSSR count). The number of hydrogen-bond donors (Lipinski definition) is 0. The summed E-state index contributed by atoms with van der Waals surface area (Å²) in [6, 6.07) is 13.6. The SMILES string of the molecule is CC(=O)CCC1=C(c2ccc(Cl)cc2)C(=O)c2ccccc2C1=O. The Bertz CT molecular complexity index is 876. The highest BCUT2D eigenvalue weighted by molar-refractivity contribution is 6.40. The molecule has 2 aromatic rings. The van der Waals surface area contributed by atoms with Crippen LogP contribution in [0, 0.1) is 0 Å². The summed E-state index contributed by atoms with van der Waals surface area (Å²) < 4.78 is 0. The highest BCUT2D eigenvalue weighted by Gasteiger charge is 2.32. The molecular weight excluding hydrogens is 324 g/mol. The van der Waals surface area contributed by atoms with Gasteiger partial charge in [0.25, 0.3) is 0 Å². The van der Waals surface area contributed by atoms with Crippen LogP contribution in [0.25, 0.3) is 5.57 Å². The molecule has 3 nitrogen and oxygen atoms in total. The molecule has 0 heterocycles. The zero-order chi connectivity index (χ0) is 17.3. The van der Waals surface area contributed by atoms with Gasteiger partial charge in [0.2, 0.25) is 0 Å². The first-order chi connectivity index (χ1) is 11.5. The van der Waals surface area contributed by atoms with Gasteiger partial charge < -0.3 is 4.79 Å². The number of carbonyl (C=O) groups is 3. The van der Waals surface area contributed by atoms with Crippen molar-refractivity contribution < 1.29 is 14.4 Å². The number of benzene rings is 2. The fourth-order valence-corrected chi connectivity index (χ4v) is 3.01. The third kappa shape index (κ3) is 2.95. The molecular formula is C20H15ClO3. The van der Waals surface area contributed by atoms with E-state index in [1.165, 1.54) is 6.92 Å². The predicted octanol–water partition coefficient (Wildman–Crippen LogP) is 4.54. The van der Waals surface area contributed by atoms with E-state index < -0.39 is 0 Å². The van der Waals surface area contributed by atoms with E-state index in [9.17, 15) is 14.4 Å². The van der Waals surface area contributed by atoms with Crippen molar-refractivity contribution in [2.75, 3.05) is 0 Å². The van der Waals surface area contributed by atoms with Crippen molar-refractivity contribution in [1.29, 1.82) is 0 Å². The quantitative estimate of drug-likeness (QED) is 0.822. The van der Waals surface area contributed by atoms with Gasteiger partial charge in [0.05, 0.1) is 0 Å². The van der Waals surface area contributed by atoms with Gasteiger partial charge in [-0.2, -0.15) is 0 Å². The number of hydrogen-bond acceptors (Lipinski definition) is 3. The molecule has 0 amide bonds. The van der Waals surface area contributed by atoms with E-state index in [2.05, 4.69) is 0 Å². The molecule has 0 aromatic heterocycles. The Kier molecular flexibility index (Phi) is 4.45. The third-order valence-corrected chi connectivity index (χ3v) is 4.33. The molecule has 0 bridgehead atoms. The normalized spacial score (nSPS) is 13.9. The van der Waals surface area contributed by atoms with Gasteiger partial charge in [-0.3, -0.25) is 9.59 Å². The molecule has 0 radical (unpaired) electrons. The highest BCUT2D eigenvalue weighted by Crippen LogP contribution is 2.34. The Balaban J connectivity index is 2.18. The minimum Gasteiger partial charge on any atom is -0.300 e. The maximum Gasteiger partial charge on any atom is 0.194 e. The van der Waals surface area contributed by atoms with Crippen molar-refractivity contribution in [1.82, 2.24) is 0 Å². The van der Waals surface area contributed by atoms with Gasteiger partial charge in [0.1, 0.15) is 5.78 Å². The second kappa shape index (κ2) is 6.54. The number of fused-ring (bicyclic) bond motifs is 1. The summed E-state index contributed by atoms with van der Waals surface area (Å²) in [6.45, 7) is 1.48. The van der Waals surface area contributed by atoms with Crippen LogP contribution in [-0.4, -0.2) is 17.3 Å². The van der Waals surface area contributed by atoms with Crippen LogP contribution in [-0.2, 0) is 4.79 Å². The summed E-state index contributed by atoms with van der Waals surface area (Å²) in [5, 5.41) is 0.555. The molecule has 2 aromatic carbocycles. The minimum atomic E-state index is -0.189. The monoisotopic (exact) mass is 338 g/mol. The Morgan fingerprint density at radius 1 is 0.917 bits per heavy atom. The Hall–Kier alpha value is -2.52. The number of allylic oxidation sites excluding steroid dienone is 2. The number of ketones is 3.